The molecule has 2 N–H and O–H groups in total. The third kappa shape index (κ3) is 4.79. The first-order chi connectivity index (χ1) is 10.3. The highest BCUT2D eigenvalue weighted by Crippen LogP contribution is 2.29. The fraction of sp³-hybridized carbons (Fsp3) is 0.438. The van der Waals surface area contributed by atoms with Crippen molar-refractivity contribution in [2.75, 3.05) is 13.2 Å². The van der Waals surface area contributed by atoms with Crippen LogP contribution in [0.3, 0.4) is 0 Å². The number of hydrogen-bond donors (Lipinski definition) is 2. The number of unbranched alkanes of at least 4 members (excludes halogenated alkanes) is 1. The lowest BCUT2D eigenvalue weighted by molar-refractivity contribution is 0.316. The van der Waals surface area contributed by atoms with Crippen LogP contribution in [0.1, 0.15) is 25.3 Å². The smallest absolute Gasteiger partial charge is 0.162 e. The summed E-state index contributed by atoms with van der Waals surface area (Å²) in [4.78, 5) is 4.02. The van der Waals surface area contributed by atoms with E-state index in [1.807, 2.05) is 31.6 Å². The molecule has 21 heavy (non-hydrogen) atoms. The van der Waals surface area contributed by atoms with Gasteiger partial charge in [-0.15, -0.1) is 0 Å². The minimum atomic E-state index is 0.241. The summed E-state index contributed by atoms with van der Waals surface area (Å²) < 4.78 is 7.46. The van der Waals surface area contributed by atoms with Gasteiger partial charge in [0, 0.05) is 31.0 Å². The van der Waals surface area contributed by atoms with Crippen LogP contribution in [0.4, 0.5) is 0 Å². The van der Waals surface area contributed by atoms with Gasteiger partial charge in [0.1, 0.15) is 0 Å². The van der Waals surface area contributed by atoms with Crippen molar-refractivity contribution in [3.05, 3.63) is 42.5 Å². The fourth-order valence-corrected chi connectivity index (χ4v) is 2.17. The molecule has 1 heterocycles. The maximum atomic E-state index is 10.1. The van der Waals surface area contributed by atoms with Gasteiger partial charge < -0.3 is 19.7 Å². The Hall–Kier alpha value is -2.01. The van der Waals surface area contributed by atoms with Crippen molar-refractivity contribution in [2.24, 2.45) is 0 Å². The molecule has 0 fully saturated rings. The van der Waals surface area contributed by atoms with Crippen LogP contribution in [0.15, 0.2) is 36.9 Å². The van der Waals surface area contributed by atoms with E-state index in [4.69, 9.17) is 4.74 Å². The van der Waals surface area contributed by atoms with E-state index in [-0.39, 0.29) is 5.75 Å². The zero-order valence-electron chi connectivity index (χ0n) is 12.5. The Balaban J connectivity index is 1.67. The first-order valence-corrected chi connectivity index (χ1v) is 7.41. The average molecular weight is 289 g/mol. The van der Waals surface area contributed by atoms with Crippen molar-refractivity contribution in [3.63, 3.8) is 0 Å². The van der Waals surface area contributed by atoms with Crippen molar-refractivity contribution >= 4 is 0 Å². The highest BCUT2D eigenvalue weighted by molar-refractivity contribution is 5.45. The van der Waals surface area contributed by atoms with Gasteiger partial charge in [0.2, 0.25) is 0 Å². The third-order valence-electron chi connectivity index (χ3n) is 3.28. The van der Waals surface area contributed by atoms with Crippen molar-refractivity contribution in [2.45, 2.75) is 32.9 Å². The highest BCUT2D eigenvalue weighted by Gasteiger charge is 2.06. The predicted octanol–water partition coefficient (Wildman–Crippen LogP) is 2.56. The van der Waals surface area contributed by atoms with Crippen molar-refractivity contribution < 1.29 is 9.84 Å². The van der Waals surface area contributed by atoms with Crippen LogP contribution >= 0.6 is 0 Å². The number of phenols is 1. The molecule has 2 rings (SSSR count). The Morgan fingerprint density at radius 1 is 1.33 bits per heavy atom. The normalized spacial score (nSPS) is 10.7. The molecule has 0 amide bonds. The molecule has 0 saturated heterocycles. The van der Waals surface area contributed by atoms with E-state index in [2.05, 4.69) is 14.9 Å². The molecular formula is C16H23N3O2. The standard InChI is InChI=1S/C16H23N3O2/c1-2-21-15-7-5-6-14(16(15)20)12-17-8-3-4-10-19-11-9-18-13-19/h5-7,9,11,13,17,20H,2-4,8,10,12H2,1H3. The molecule has 114 valence electrons. The number of hydrogen-bond acceptors (Lipinski definition) is 4. The Morgan fingerprint density at radius 2 is 2.24 bits per heavy atom. The summed E-state index contributed by atoms with van der Waals surface area (Å²) in [5, 5.41) is 13.4. The number of para-hydroxylation sites is 1. The number of aromatic nitrogens is 2. The van der Waals surface area contributed by atoms with Crippen LogP contribution in [0, 0.1) is 0 Å². The highest BCUT2D eigenvalue weighted by atomic mass is 16.5. The summed E-state index contributed by atoms with van der Waals surface area (Å²) in [5.41, 5.74) is 0.871. The molecule has 0 radical (unpaired) electrons. The molecule has 0 unspecified atom stereocenters. The molecule has 0 bridgehead atoms. The van der Waals surface area contributed by atoms with Crippen LogP contribution in [0.25, 0.3) is 0 Å². The van der Waals surface area contributed by atoms with E-state index in [0.29, 0.717) is 18.9 Å². The summed E-state index contributed by atoms with van der Waals surface area (Å²) in [5.74, 6) is 0.794. The number of rotatable bonds is 9. The molecule has 5 nitrogen and oxygen atoms in total. The summed E-state index contributed by atoms with van der Waals surface area (Å²) in [6.45, 7) is 5.03. The maximum absolute atomic E-state index is 10.1. The van der Waals surface area contributed by atoms with Gasteiger partial charge >= 0.3 is 0 Å². The minimum Gasteiger partial charge on any atom is -0.504 e. The summed E-state index contributed by atoms with van der Waals surface area (Å²) in [6, 6.07) is 5.60. The monoisotopic (exact) mass is 289 g/mol. The zero-order valence-corrected chi connectivity index (χ0v) is 12.5. The van der Waals surface area contributed by atoms with Crippen LogP contribution in [0.5, 0.6) is 11.5 Å². The summed E-state index contributed by atoms with van der Waals surface area (Å²) in [6.07, 6.45) is 7.81. The van der Waals surface area contributed by atoms with E-state index in [0.717, 1.165) is 31.5 Å². The van der Waals surface area contributed by atoms with E-state index < -0.39 is 0 Å². The molecule has 0 aliphatic rings. The zero-order chi connectivity index (χ0) is 14.9. The lowest BCUT2D eigenvalue weighted by Crippen LogP contribution is -2.15. The molecule has 0 aliphatic carbocycles. The lowest BCUT2D eigenvalue weighted by atomic mass is 10.2. The second-order valence-electron chi connectivity index (χ2n) is 4.88. The van der Waals surface area contributed by atoms with Crippen molar-refractivity contribution in [1.82, 2.24) is 14.9 Å². The summed E-state index contributed by atoms with van der Waals surface area (Å²) in [7, 11) is 0. The van der Waals surface area contributed by atoms with E-state index in [9.17, 15) is 5.11 Å². The van der Waals surface area contributed by atoms with Gasteiger partial charge in [-0.3, -0.25) is 0 Å². The second kappa shape index (κ2) is 8.32. The van der Waals surface area contributed by atoms with Gasteiger partial charge in [0.25, 0.3) is 0 Å². The Labute approximate surface area is 125 Å². The number of aromatic hydroxyl groups is 1. The van der Waals surface area contributed by atoms with Crippen LogP contribution in [-0.2, 0) is 13.1 Å². The number of nitrogens with one attached hydrogen (secondary N) is 1. The summed E-state index contributed by atoms with van der Waals surface area (Å²) >= 11 is 0. The van der Waals surface area contributed by atoms with Gasteiger partial charge in [-0.25, -0.2) is 4.98 Å². The number of imidazole rings is 1. The number of phenolic OH excluding ortho intramolecular Hbond substituents is 1. The Morgan fingerprint density at radius 3 is 3.00 bits per heavy atom. The van der Waals surface area contributed by atoms with Crippen LogP contribution < -0.4 is 10.1 Å². The Bertz CT molecular complexity index is 526. The molecule has 1 aromatic heterocycles. The second-order valence-corrected chi connectivity index (χ2v) is 4.88. The lowest BCUT2D eigenvalue weighted by Gasteiger charge is -2.11. The largest absolute Gasteiger partial charge is 0.504 e. The molecule has 1 aromatic carbocycles. The predicted molar refractivity (Wildman–Crippen MR) is 82.4 cm³/mol. The number of benzene rings is 1. The SMILES string of the molecule is CCOc1cccc(CNCCCCn2ccnc2)c1O. The number of aryl methyl sites for hydroxylation is 1. The number of ether oxygens (including phenoxy) is 1. The maximum Gasteiger partial charge on any atom is 0.162 e. The average Bonchev–Trinajstić information content (AvgIpc) is 3.00. The molecule has 5 heteroatoms. The van der Waals surface area contributed by atoms with Gasteiger partial charge in [-0.05, 0) is 32.4 Å². The molecule has 0 atom stereocenters. The minimum absolute atomic E-state index is 0.241. The Kier molecular flexibility index (Phi) is 6.09. The van der Waals surface area contributed by atoms with Gasteiger partial charge in [-0.2, -0.15) is 0 Å². The molecular weight excluding hydrogens is 266 g/mol. The van der Waals surface area contributed by atoms with E-state index in [1.165, 1.54) is 0 Å². The van der Waals surface area contributed by atoms with E-state index in [1.54, 1.807) is 12.3 Å². The number of nitrogens with zero attached hydrogens (tertiary/aromatic N) is 2. The molecule has 0 aliphatic heterocycles. The van der Waals surface area contributed by atoms with Gasteiger partial charge in [0.15, 0.2) is 11.5 Å². The fourth-order valence-electron chi connectivity index (χ4n) is 2.17. The quantitative estimate of drug-likeness (QED) is 0.697. The molecule has 0 saturated carbocycles. The molecule has 0 spiro atoms. The van der Waals surface area contributed by atoms with Crippen LogP contribution in [-0.4, -0.2) is 27.8 Å². The third-order valence-corrected chi connectivity index (χ3v) is 3.28. The van der Waals surface area contributed by atoms with Crippen molar-refractivity contribution in [3.8, 4) is 11.5 Å². The first kappa shape index (κ1) is 15.4. The van der Waals surface area contributed by atoms with Crippen LogP contribution in [0.2, 0.25) is 0 Å². The van der Waals surface area contributed by atoms with Gasteiger partial charge in [0.05, 0.1) is 12.9 Å². The van der Waals surface area contributed by atoms with E-state index >= 15 is 0 Å². The van der Waals surface area contributed by atoms with Gasteiger partial charge in [-0.1, -0.05) is 12.1 Å². The topological polar surface area (TPSA) is 59.3 Å². The first-order valence-electron chi connectivity index (χ1n) is 7.41. The molecule has 2 aromatic rings. The van der Waals surface area contributed by atoms with Crippen molar-refractivity contribution in [1.29, 1.82) is 0 Å².